The van der Waals surface area contributed by atoms with Gasteiger partial charge < -0.3 is 14.6 Å². The second kappa shape index (κ2) is 7.72. The minimum Gasteiger partial charge on any atom is -0.462 e. The highest BCUT2D eigenvalue weighted by atomic mass is 32.2. The third kappa shape index (κ3) is 4.32. The zero-order valence-electron chi connectivity index (χ0n) is 15.2. The third-order valence-corrected chi connectivity index (χ3v) is 5.50. The molecule has 1 amide bonds. The van der Waals surface area contributed by atoms with Crippen LogP contribution < -0.4 is 5.32 Å². The molecule has 0 bridgehead atoms. The molecule has 1 aromatic carbocycles. The lowest BCUT2D eigenvalue weighted by molar-refractivity contribution is -0.113. The number of esters is 1. The van der Waals surface area contributed by atoms with Gasteiger partial charge in [0.15, 0.2) is 5.16 Å². The molecule has 2 fully saturated rings. The smallest absolute Gasteiger partial charge is 0.338 e. The number of amides is 1. The van der Waals surface area contributed by atoms with Crippen LogP contribution in [0.1, 0.15) is 60.7 Å². The maximum atomic E-state index is 12.3. The molecule has 0 aliphatic heterocycles. The first-order valence-electron chi connectivity index (χ1n) is 9.30. The second-order valence-corrected chi connectivity index (χ2v) is 7.79. The number of carbonyl (C=O) groups excluding carboxylic acids is 2. The van der Waals surface area contributed by atoms with Gasteiger partial charge in [-0.05, 0) is 56.9 Å². The van der Waals surface area contributed by atoms with Gasteiger partial charge in [-0.3, -0.25) is 4.79 Å². The number of carbonyl (C=O) groups is 2. The van der Waals surface area contributed by atoms with E-state index in [1.54, 1.807) is 31.2 Å². The van der Waals surface area contributed by atoms with Crippen LogP contribution in [0.3, 0.4) is 0 Å². The molecule has 1 N–H and O–H groups in total. The molecule has 1 heterocycles. The van der Waals surface area contributed by atoms with Gasteiger partial charge in [0.1, 0.15) is 5.82 Å². The molecule has 2 aliphatic rings. The lowest BCUT2D eigenvalue weighted by Gasteiger charge is -2.09. The van der Waals surface area contributed by atoms with E-state index in [1.165, 1.54) is 37.4 Å². The largest absolute Gasteiger partial charge is 0.462 e. The summed E-state index contributed by atoms with van der Waals surface area (Å²) in [5.74, 6) is 1.45. The molecule has 27 heavy (non-hydrogen) atoms. The van der Waals surface area contributed by atoms with E-state index in [0.29, 0.717) is 29.8 Å². The number of nitrogens with zero attached hydrogens (tertiary/aromatic N) is 3. The number of thioether (sulfide) groups is 1. The van der Waals surface area contributed by atoms with E-state index < -0.39 is 0 Å². The zero-order chi connectivity index (χ0) is 18.8. The fraction of sp³-hybridized carbons (Fsp3) is 0.474. The molecule has 0 spiro atoms. The van der Waals surface area contributed by atoms with Crippen LogP contribution in [0, 0.1) is 0 Å². The average Bonchev–Trinajstić information content (AvgIpc) is 3.59. The predicted octanol–water partition coefficient (Wildman–Crippen LogP) is 3.40. The van der Waals surface area contributed by atoms with Crippen molar-refractivity contribution in [3.05, 3.63) is 35.7 Å². The van der Waals surface area contributed by atoms with Gasteiger partial charge in [0.25, 0.3) is 0 Å². The highest BCUT2D eigenvalue weighted by Crippen LogP contribution is 2.45. The minimum absolute atomic E-state index is 0.109. The number of nitrogens with one attached hydrogen (secondary N) is 1. The van der Waals surface area contributed by atoms with Crippen LogP contribution in [0.2, 0.25) is 0 Å². The summed E-state index contributed by atoms with van der Waals surface area (Å²) in [6, 6.07) is 7.20. The predicted molar refractivity (Wildman–Crippen MR) is 102 cm³/mol. The molecule has 8 heteroatoms. The summed E-state index contributed by atoms with van der Waals surface area (Å²) in [6.07, 6.45) is 4.73. The van der Waals surface area contributed by atoms with E-state index in [-0.39, 0.29) is 17.6 Å². The van der Waals surface area contributed by atoms with Crippen LogP contribution in [0.15, 0.2) is 29.4 Å². The maximum absolute atomic E-state index is 12.3. The normalized spacial score (nSPS) is 16.2. The summed E-state index contributed by atoms with van der Waals surface area (Å²) >= 11 is 1.43. The van der Waals surface area contributed by atoms with Crippen molar-refractivity contribution in [1.29, 1.82) is 0 Å². The van der Waals surface area contributed by atoms with Crippen molar-refractivity contribution in [3.8, 4) is 0 Å². The van der Waals surface area contributed by atoms with Crippen molar-refractivity contribution in [3.63, 3.8) is 0 Å². The molecule has 142 valence electrons. The number of hydrogen-bond acceptors (Lipinski definition) is 6. The highest BCUT2D eigenvalue weighted by Gasteiger charge is 2.36. The summed E-state index contributed by atoms with van der Waals surface area (Å²) in [5, 5.41) is 12.4. The molecule has 7 nitrogen and oxygen atoms in total. The summed E-state index contributed by atoms with van der Waals surface area (Å²) in [4.78, 5) is 23.9. The number of hydrogen-bond donors (Lipinski definition) is 1. The van der Waals surface area contributed by atoms with Gasteiger partial charge in [0.05, 0.1) is 17.9 Å². The fourth-order valence-corrected chi connectivity index (χ4v) is 3.73. The Hall–Kier alpha value is -2.35. The summed E-state index contributed by atoms with van der Waals surface area (Å²) in [7, 11) is 0. The third-order valence-electron chi connectivity index (χ3n) is 4.56. The Balaban J connectivity index is 1.33. The van der Waals surface area contributed by atoms with Gasteiger partial charge in [0, 0.05) is 17.6 Å². The molecule has 0 saturated heterocycles. The van der Waals surface area contributed by atoms with Crippen LogP contribution in [0.25, 0.3) is 0 Å². The number of ether oxygens (including phenoxy) is 1. The number of benzene rings is 1. The molecule has 0 radical (unpaired) electrons. The molecule has 2 aromatic rings. The molecule has 4 rings (SSSR count). The Kier molecular flexibility index (Phi) is 5.15. The van der Waals surface area contributed by atoms with Gasteiger partial charge in [-0.25, -0.2) is 4.79 Å². The topological polar surface area (TPSA) is 86.1 Å². The summed E-state index contributed by atoms with van der Waals surface area (Å²) < 4.78 is 7.19. The van der Waals surface area contributed by atoms with Crippen molar-refractivity contribution in [2.75, 3.05) is 17.7 Å². The molecule has 2 saturated carbocycles. The Morgan fingerprint density at radius 2 is 1.93 bits per heavy atom. The van der Waals surface area contributed by atoms with Gasteiger partial charge in [0.2, 0.25) is 5.91 Å². The molecule has 2 aliphatic carbocycles. The van der Waals surface area contributed by atoms with E-state index in [1.807, 2.05) is 0 Å². The second-order valence-electron chi connectivity index (χ2n) is 6.85. The Morgan fingerprint density at radius 1 is 1.19 bits per heavy atom. The Labute approximate surface area is 161 Å². The SMILES string of the molecule is CCOC(=O)c1ccc(NC(=O)CSc2nnc(C3CC3)n2C2CC2)cc1. The molecular formula is C19H22N4O3S. The number of anilines is 1. The van der Waals surface area contributed by atoms with Gasteiger partial charge in [-0.2, -0.15) is 0 Å². The first kappa shape index (κ1) is 18.0. The Morgan fingerprint density at radius 3 is 2.56 bits per heavy atom. The van der Waals surface area contributed by atoms with Crippen LogP contribution in [0.5, 0.6) is 0 Å². The fourth-order valence-electron chi connectivity index (χ4n) is 2.91. The molecule has 0 atom stereocenters. The summed E-state index contributed by atoms with van der Waals surface area (Å²) in [6.45, 7) is 2.10. The molecule has 1 aromatic heterocycles. The van der Waals surface area contributed by atoms with Crippen molar-refractivity contribution in [1.82, 2.24) is 14.8 Å². The highest BCUT2D eigenvalue weighted by molar-refractivity contribution is 7.99. The van der Waals surface area contributed by atoms with Crippen molar-refractivity contribution in [2.24, 2.45) is 0 Å². The lowest BCUT2D eigenvalue weighted by Crippen LogP contribution is -2.15. The van der Waals surface area contributed by atoms with E-state index in [4.69, 9.17) is 4.74 Å². The van der Waals surface area contributed by atoms with Crippen LogP contribution in [0.4, 0.5) is 5.69 Å². The molecular weight excluding hydrogens is 364 g/mol. The zero-order valence-corrected chi connectivity index (χ0v) is 16.0. The summed E-state index contributed by atoms with van der Waals surface area (Å²) in [5.41, 5.74) is 1.12. The van der Waals surface area contributed by atoms with Crippen LogP contribution in [-0.2, 0) is 9.53 Å². The first-order chi connectivity index (χ1) is 13.2. The van der Waals surface area contributed by atoms with Gasteiger partial charge in [-0.1, -0.05) is 11.8 Å². The monoisotopic (exact) mass is 386 g/mol. The van der Waals surface area contributed by atoms with Crippen LogP contribution in [-0.4, -0.2) is 39.0 Å². The molecule has 0 unspecified atom stereocenters. The minimum atomic E-state index is -0.364. The standard InChI is InChI=1S/C19H22N4O3S/c1-2-26-18(25)13-5-7-14(8-6-13)20-16(24)11-27-19-22-21-17(12-3-4-12)23(19)15-9-10-15/h5-8,12,15H,2-4,9-11H2,1H3,(H,20,24). The quantitative estimate of drug-likeness (QED) is 0.553. The van der Waals surface area contributed by atoms with E-state index >= 15 is 0 Å². The van der Waals surface area contributed by atoms with E-state index in [0.717, 1.165) is 11.0 Å². The van der Waals surface area contributed by atoms with Crippen molar-refractivity contribution in [2.45, 2.75) is 49.7 Å². The lowest BCUT2D eigenvalue weighted by atomic mass is 10.2. The average molecular weight is 386 g/mol. The van der Waals surface area contributed by atoms with Gasteiger partial charge >= 0.3 is 5.97 Å². The number of rotatable bonds is 8. The first-order valence-corrected chi connectivity index (χ1v) is 10.3. The van der Waals surface area contributed by atoms with E-state index in [2.05, 4.69) is 20.1 Å². The van der Waals surface area contributed by atoms with Crippen molar-refractivity contribution >= 4 is 29.3 Å². The Bertz CT molecular complexity index is 841. The van der Waals surface area contributed by atoms with Crippen molar-refractivity contribution < 1.29 is 14.3 Å². The van der Waals surface area contributed by atoms with Crippen LogP contribution >= 0.6 is 11.8 Å². The van der Waals surface area contributed by atoms with E-state index in [9.17, 15) is 9.59 Å². The van der Waals surface area contributed by atoms with Gasteiger partial charge in [-0.15, -0.1) is 10.2 Å². The number of aromatic nitrogens is 3. The maximum Gasteiger partial charge on any atom is 0.338 e.